The summed E-state index contributed by atoms with van der Waals surface area (Å²) in [5.41, 5.74) is 0. The minimum absolute atomic E-state index is 0.0288. The fourth-order valence-corrected chi connectivity index (χ4v) is 3.97. The van der Waals surface area contributed by atoms with Gasteiger partial charge in [0.25, 0.3) is 0 Å². The van der Waals surface area contributed by atoms with E-state index in [2.05, 4.69) is 15.9 Å². The average Bonchev–Trinajstić information content (AvgIpc) is 2.25. The first-order valence-electron chi connectivity index (χ1n) is 5.67. The van der Waals surface area contributed by atoms with Gasteiger partial charge < -0.3 is 0 Å². The summed E-state index contributed by atoms with van der Waals surface area (Å²) in [5, 5.41) is 0. The lowest BCUT2D eigenvalue weighted by atomic mass is 10.4. The van der Waals surface area contributed by atoms with Gasteiger partial charge in [-0.15, -0.1) is 0 Å². The van der Waals surface area contributed by atoms with Crippen LogP contribution in [-0.2, 0) is 10.0 Å². The monoisotopic (exact) mass is 319 g/mol. The molecular formula is C12H18BrNO2S. The molecule has 0 aromatic heterocycles. The van der Waals surface area contributed by atoms with Crippen LogP contribution in [0.1, 0.15) is 27.2 Å². The largest absolute Gasteiger partial charge is 0.243 e. The van der Waals surface area contributed by atoms with Crippen LogP contribution in [0, 0.1) is 0 Å². The molecule has 0 saturated heterocycles. The van der Waals surface area contributed by atoms with Crippen LogP contribution in [0.3, 0.4) is 0 Å². The van der Waals surface area contributed by atoms with Crippen LogP contribution in [0.5, 0.6) is 0 Å². The first kappa shape index (κ1) is 14.7. The first-order chi connectivity index (χ1) is 7.89. The average molecular weight is 320 g/mol. The normalized spacial score (nSPS) is 12.4. The molecule has 0 heterocycles. The van der Waals surface area contributed by atoms with Crippen molar-refractivity contribution >= 4 is 26.0 Å². The van der Waals surface area contributed by atoms with Crippen molar-refractivity contribution in [1.82, 2.24) is 4.31 Å². The second-order valence-electron chi connectivity index (χ2n) is 4.17. The van der Waals surface area contributed by atoms with E-state index in [1.54, 1.807) is 18.2 Å². The number of nitrogens with zero attached hydrogens (tertiary/aromatic N) is 1. The molecule has 0 spiro atoms. The van der Waals surface area contributed by atoms with E-state index >= 15 is 0 Å². The van der Waals surface area contributed by atoms with E-state index in [4.69, 9.17) is 0 Å². The van der Waals surface area contributed by atoms with Crippen LogP contribution in [0.15, 0.2) is 33.6 Å². The van der Waals surface area contributed by atoms with Gasteiger partial charge in [-0.1, -0.05) is 28.9 Å². The Kier molecular flexibility index (Phi) is 5.16. The highest BCUT2D eigenvalue weighted by Gasteiger charge is 2.26. The number of benzene rings is 1. The molecule has 0 saturated carbocycles. The Balaban J connectivity index is 3.16. The molecule has 96 valence electrons. The molecule has 0 aliphatic rings. The summed E-state index contributed by atoms with van der Waals surface area (Å²) in [6, 6.07) is 6.80. The standard InChI is InChI=1S/C12H18BrNO2S/c1-4-8-14(10(2)3)17(15,16)12-7-5-6-11(13)9-12/h5-7,9-10H,4,8H2,1-3H3. The van der Waals surface area contributed by atoms with E-state index in [0.717, 1.165) is 10.9 Å². The molecule has 0 N–H and O–H groups in total. The molecule has 0 atom stereocenters. The summed E-state index contributed by atoms with van der Waals surface area (Å²) in [6.45, 7) is 6.31. The summed E-state index contributed by atoms with van der Waals surface area (Å²) in [6.07, 6.45) is 0.811. The SMILES string of the molecule is CCCN(C(C)C)S(=O)(=O)c1cccc(Br)c1. The van der Waals surface area contributed by atoms with Gasteiger partial charge in [0.05, 0.1) is 4.90 Å². The van der Waals surface area contributed by atoms with Crippen LogP contribution < -0.4 is 0 Å². The number of hydrogen-bond acceptors (Lipinski definition) is 2. The fraction of sp³-hybridized carbons (Fsp3) is 0.500. The van der Waals surface area contributed by atoms with Gasteiger partial charge in [-0.2, -0.15) is 4.31 Å². The van der Waals surface area contributed by atoms with Crippen molar-refractivity contribution in [3.05, 3.63) is 28.7 Å². The second-order valence-corrected chi connectivity index (χ2v) is 6.97. The molecule has 1 aromatic carbocycles. The number of sulfonamides is 1. The maximum atomic E-state index is 12.4. The van der Waals surface area contributed by atoms with Crippen molar-refractivity contribution in [3.8, 4) is 0 Å². The maximum Gasteiger partial charge on any atom is 0.243 e. The van der Waals surface area contributed by atoms with Crippen molar-refractivity contribution in [2.24, 2.45) is 0 Å². The van der Waals surface area contributed by atoms with E-state index in [-0.39, 0.29) is 6.04 Å². The molecule has 0 amide bonds. The lowest BCUT2D eigenvalue weighted by Crippen LogP contribution is -2.37. The third kappa shape index (κ3) is 3.53. The van der Waals surface area contributed by atoms with Crippen LogP contribution in [-0.4, -0.2) is 25.3 Å². The Hall–Kier alpha value is -0.390. The van der Waals surface area contributed by atoms with Crippen LogP contribution in [0.2, 0.25) is 0 Å². The minimum Gasteiger partial charge on any atom is -0.207 e. The Morgan fingerprint density at radius 1 is 1.35 bits per heavy atom. The zero-order valence-electron chi connectivity index (χ0n) is 10.4. The van der Waals surface area contributed by atoms with Crippen molar-refractivity contribution in [1.29, 1.82) is 0 Å². The molecular weight excluding hydrogens is 302 g/mol. The Morgan fingerprint density at radius 3 is 2.47 bits per heavy atom. The number of rotatable bonds is 5. The highest BCUT2D eigenvalue weighted by atomic mass is 79.9. The summed E-state index contributed by atoms with van der Waals surface area (Å²) in [5.74, 6) is 0. The third-order valence-corrected chi connectivity index (χ3v) is 4.99. The molecule has 0 fully saturated rings. The van der Waals surface area contributed by atoms with Gasteiger partial charge in [-0.05, 0) is 38.5 Å². The minimum atomic E-state index is -3.38. The highest BCUT2D eigenvalue weighted by molar-refractivity contribution is 9.10. The van der Waals surface area contributed by atoms with Gasteiger partial charge in [-0.3, -0.25) is 0 Å². The van der Waals surface area contributed by atoms with Crippen LogP contribution in [0.4, 0.5) is 0 Å². The van der Waals surface area contributed by atoms with E-state index in [9.17, 15) is 8.42 Å². The Bertz CT molecular complexity index is 471. The number of halogens is 1. The molecule has 5 heteroatoms. The molecule has 0 unspecified atom stereocenters. The molecule has 1 rings (SSSR count). The van der Waals surface area contributed by atoms with Gasteiger partial charge in [0.2, 0.25) is 10.0 Å². The summed E-state index contributed by atoms with van der Waals surface area (Å²) in [4.78, 5) is 0.342. The van der Waals surface area contributed by atoms with E-state index in [0.29, 0.717) is 11.4 Å². The fourth-order valence-electron chi connectivity index (χ4n) is 1.64. The Labute approximate surface area is 112 Å². The van der Waals surface area contributed by atoms with Crippen molar-refractivity contribution in [2.75, 3.05) is 6.54 Å². The summed E-state index contributed by atoms with van der Waals surface area (Å²) < 4.78 is 27.2. The molecule has 0 bridgehead atoms. The zero-order valence-corrected chi connectivity index (χ0v) is 12.8. The van der Waals surface area contributed by atoms with Gasteiger partial charge in [-0.25, -0.2) is 8.42 Å². The topological polar surface area (TPSA) is 37.4 Å². The van der Waals surface area contributed by atoms with Crippen LogP contribution >= 0.6 is 15.9 Å². The van der Waals surface area contributed by atoms with Gasteiger partial charge >= 0.3 is 0 Å². The molecule has 3 nitrogen and oxygen atoms in total. The van der Waals surface area contributed by atoms with E-state index < -0.39 is 10.0 Å². The second kappa shape index (κ2) is 5.98. The maximum absolute atomic E-state index is 12.4. The molecule has 1 aromatic rings. The lowest BCUT2D eigenvalue weighted by molar-refractivity contribution is 0.354. The predicted molar refractivity (Wildman–Crippen MR) is 73.5 cm³/mol. The summed E-state index contributed by atoms with van der Waals surface area (Å²) >= 11 is 3.30. The van der Waals surface area contributed by atoms with Crippen LogP contribution in [0.25, 0.3) is 0 Å². The quantitative estimate of drug-likeness (QED) is 0.835. The lowest BCUT2D eigenvalue weighted by Gasteiger charge is -2.25. The van der Waals surface area contributed by atoms with Gasteiger partial charge in [0.15, 0.2) is 0 Å². The highest BCUT2D eigenvalue weighted by Crippen LogP contribution is 2.21. The van der Waals surface area contributed by atoms with Gasteiger partial charge in [0.1, 0.15) is 0 Å². The Morgan fingerprint density at radius 2 is 2.00 bits per heavy atom. The van der Waals surface area contributed by atoms with E-state index in [1.807, 2.05) is 26.8 Å². The first-order valence-corrected chi connectivity index (χ1v) is 7.90. The smallest absolute Gasteiger partial charge is 0.207 e. The number of hydrogen-bond donors (Lipinski definition) is 0. The predicted octanol–water partition coefficient (Wildman–Crippen LogP) is 3.26. The van der Waals surface area contributed by atoms with Crippen molar-refractivity contribution < 1.29 is 8.42 Å². The molecule has 0 aliphatic carbocycles. The van der Waals surface area contributed by atoms with Gasteiger partial charge in [0, 0.05) is 17.1 Å². The van der Waals surface area contributed by atoms with E-state index in [1.165, 1.54) is 4.31 Å². The van der Waals surface area contributed by atoms with Crippen molar-refractivity contribution in [3.63, 3.8) is 0 Å². The summed E-state index contributed by atoms with van der Waals surface area (Å²) in [7, 11) is -3.38. The molecule has 17 heavy (non-hydrogen) atoms. The van der Waals surface area contributed by atoms with Crippen molar-refractivity contribution in [2.45, 2.75) is 38.1 Å². The molecule has 0 radical (unpaired) electrons. The molecule has 0 aliphatic heterocycles. The third-order valence-electron chi connectivity index (χ3n) is 2.42. The zero-order chi connectivity index (χ0) is 13.1.